The quantitative estimate of drug-likeness (QED) is 0.264. The minimum absolute atomic E-state index is 0.162. The van der Waals surface area contributed by atoms with Gasteiger partial charge in [-0.2, -0.15) is 0 Å². The highest BCUT2D eigenvalue weighted by Crippen LogP contribution is 2.34. The average Bonchev–Trinajstić information content (AvgIpc) is 2.77. The summed E-state index contributed by atoms with van der Waals surface area (Å²) in [6.45, 7) is 2.36. The Balaban J connectivity index is 1.87. The van der Waals surface area contributed by atoms with Gasteiger partial charge in [-0.15, -0.1) is 0 Å². The Morgan fingerprint density at radius 3 is 2.19 bits per heavy atom. The number of hydrogen-bond acceptors (Lipinski definition) is 4. The Hall–Kier alpha value is -2.41. The second-order valence-corrected chi connectivity index (χ2v) is 8.55. The van der Waals surface area contributed by atoms with E-state index in [1.807, 2.05) is 37.3 Å². The monoisotopic (exact) mass is 493 g/mol. The van der Waals surface area contributed by atoms with Gasteiger partial charge in [0.2, 0.25) is 11.8 Å². The van der Waals surface area contributed by atoms with E-state index in [0.29, 0.717) is 12.8 Å². The predicted molar refractivity (Wildman–Crippen MR) is 127 cm³/mol. The Morgan fingerprint density at radius 1 is 0.906 bits per heavy atom. The van der Waals surface area contributed by atoms with Crippen LogP contribution >= 0.6 is 34.8 Å². The number of halogens is 3. The molecular formula is C23H22Cl3N3O3. The van der Waals surface area contributed by atoms with Crippen LogP contribution in [0, 0.1) is 5.92 Å². The van der Waals surface area contributed by atoms with Crippen molar-refractivity contribution in [2.45, 2.75) is 26.2 Å². The van der Waals surface area contributed by atoms with Crippen LogP contribution in [0.3, 0.4) is 0 Å². The number of aliphatic imine (C=N–C) groups is 1. The maximum absolute atomic E-state index is 13.1. The number of urea groups is 1. The van der Waals surface area contributed by atoms with Gasteiger partial charge in [-0.25, -0.2) is 4.79 Å². The van der Waals surface area contributed by atoms with Crippen LogP contribution in [0.25, 0.3) is 0 Å². The van der Waals surface area contributed by atoms with E-state index in [1.165, 1.54) is 18.3 Å². The molecule has 1 aliphatic rings. The molecule has 0 saturated carbocycles. The van der Waals surface area contributed by atoms with Gasteiger partial charge in [0.15, 0.2) is 5.92 Å². The van der Waals surface area contributed by atoms with E-state index < -0.39 is 23.8 Å². The molecule has 2 aromatic rings. The summed E-state index contributed by atoms with van der Waals surface area (Å²) < 4.78 is 0. The van der Waals surface area contributed by atoms with E-state index in [-0.39, 0.29) is 33.8 Å². The van der Waals surface area contributed by atoms with Crippen molar-refractivity contribution >= 4 is 64.6 Å². The van der Waals surface area contributed by atoms with Crippen molar-refractivity contribution in [2.24, 2.45) is 10.9 Å². The summed E-state index contributed by atoms with van der Waals surface area (Å²) in [7, 11) is 0. The Kier molecular flexibility index (Phi) is 8.29. The third kappa shape index (κ3) is 5.49. The summed E-state index contributed by atoms with van der Waals surface area (Å²) in [5, 5.41) is 0.740. The van der Waals surface area contributed by atoms with Crippen LogP contribution in [0.1, 0.15) is 25.3 Å². The summed E-state index contributed by atoms with van der Waals surface area (Å²) in [6.07, 6.45) is 3.14. The molecule has 1 fully saturated rings. The summed E-state index contributed by atoms with van der Waals surface area (Å²) >= 11 is 18.1. The zero-order valence-corrected chi connectivity index (χ0v) is 19.7. The number of imide groups is 2. The molecule has 9 heteroatoms. The fourth-order valence-corrected chi connectivity index (χ4v) is 3.87. The maximum atomic E-state index is 13.1. The summed E-state index contributed by atoms with van der Waals surface area (Å²) in [5.74, 6) is -2.43. The number of amides is 4. The first-order chi connectivity index (χ1) is 15.3. The van der Waals surface area contributed by atoms with Crippen LogP contribution < -0.4 is 0 Å². The van der Waals surface area contributed by atoms with Gasteiger partial charge in [-0.3, -0.25) is 24.4 Å². The van der Waals surface area contributed by atoms with Crippen LogP contribution in [0.4, 0.5) is 10.5 Å². The molecule has 4 amide bonds. The third-order valence-corrected chi connectivity index (χ3v) is 6.11. The topological polar surface area (TPSA) is 70.1 Å². The number of carbonyl (C=O) groups is 3. The second-order valence-electron chi connectivity index (χ2n) is 7.33. The highest BCUT2D eigenvalue weighted by atomic mass is 35.5. The highest BCUT2D eigenvalue weighted by Gasteiger charge is 2.44. The average molecular weight is 495 g/mol. The molecule has 2 aromatic carbocycles. The highest BCUT2D eigenvalue weighted by molar-refractivity contribution is 6.44. The fourth-order valence-electron chi connectivity index (χ4n) is 3.28. The van der Waals surface area contributed by atoms with Crippen LogP contribution in [-0.2, 0) is 16.0 Å². The van der Waals surface area contributed by atoms with Gasteiger partial charge >= 0.3 is 6.03 Å². The van der Waals surface area contributed by atoms with Crippen molar-refractivity contribution in [3.05, 3.63) is 63.1 Å². The zero-order chi connectivity index (χ0) is 23.3. The largest absolute Gasteiger partial charge is 0.333 e. The van der Waals surface area contributed by atoms with E-state index >= 15 is 0 Å². The summed E-state index contributed by atoms with van der Waals surface area (Å²) in [6, 6.07) is 11.8. The van der Waals surface area contributed by atoms with E-state index in [0.717, 1.165) is 21.8 Å². The number of benzene rings is 2. The smallest absolute Gasteiger partial charge is 0.273 e. The van der Waals surface area contributed by atoms with Crippen molar-refractivity contribution in [2.75, 3.05) is 13.1 Å². The Morgan fingerprint density at radius 2 is 1.53 bits per heavy atom. The number of rotatable bonds is 8. The lowest BCUT2D eigenvalue weighted by Crippen LogP contribution is -2.60. The SMILES string of the molecule is CCCCN1C(=O)C(C=Nc2cc(Cl)c(Cl)cc2Cl)C(=O)N(CCc2ccccc2)C1=O. The predicted octanol–water partition coefficient (Wildman–Crippen LogP) is 5.80. The molecule has 32 heavy (non-hydrogen) atoms. The standard InChI is InChI=1S/C23H22Cl3N3O3/c1-2-3-10-28-21(30)16(14-27-20-13-18(25)17(24)12-19(20)26)22(31)29(23(28)32)11-9-15-7-5-4-6-8-15/h4-8,12-14,16H,2-3,9-11H2,1H3. The molecule has 1 saturated heterocycles. The van der Waals surface area contributed by atoms with Gasteiger partial charge in [0, 0.05) is 19.3 Å². The van der Waals surface area contributed by atoms with Crippen LogP contribution in [0.5, 0.6) is 0 Å². The molecule has 1 atom stereocenters. The maximum Gasteiger partial charge on any atom is 0.333 e. The molecule has 0 radical (unpaired) electrons. The minimum atomic E-state index is -1.23. The fraction of sp³-hybridized carbons (Fsp3) is 0.304. The van der Waals surface area contributed by atoms with Gasteiger partial charge in [0.25, 0.3) is 0 Å². The molecule has 6 nitrogen and oxygen atoms in total. The van der Waals surface area contributed by atoms with Crippen molar-refractivity contribution in [3.63, 3.8) is 0 Å². The zero-order valence-electron chi connectivity index (χ0n) is 17.4. The Bertz CT molecular complexity index is 1040. The van der Waals surface area contributed by atoms with Gasteiger partial charge in [0.05, 0.1) is 20.8 Å². The molecule has 0 spiro atoms. The first-order valence-electron chi connectivity index (χ1n) is 10.2. The minimum Gasteiger partial charge on any atom is -0.273 e. The molecule has 1 aliphatic heterocycles. The molecule has 0 N–H and O–H groups in total. The second kappa shape index (κ2) is 10.9. The van der Waals surface area contributed by atoms with Crippen LogP contribution in [0.15, 0.2) is 47.5 Å². The Labute approximate surface area is 201 Å². The third-order valence-electron chi connectivity index (χ3n) is 5.08. The van der Waals surface area contributed by atoms with Crippen molar-refractivity contribution in [1.29, 1.82) is 0 Å². The molecule has 1 heterocycles. The number of unbranched alkanes of at least 4 members (excludes halogenated alkanes) is 1. The lowest BCUT2D eigenvalue weighted by Gasteiger charge is -2.35. The first kappa shape index (κ1) is 24.2. The lowest BCUT2D eigenvalue weighted by molar-refractivity contribution is -0.145. The van der Waals surface area contributed by atoms with Crippen molar-refractivity contribution in [1.82, 2.24) is 9.80 Å². The van der Waals surface area contributed by atoms with Crippen molar-refractivity contribution < 1.29 is 14.4 Å². The van der Waals surface area contributed by atoms with E-state index in [1.54, 1.807) is 0 Å². The van der Waals surface area contributed by atoms with Gasteiger partial charge in [-0.05, 0) is 30.5 Å². The van der Waals surface area contributed by atoms with E-state index in [4.69, 9.17) is 34.8 Å². The number of carbonyl (C=O) groups excluding carboxylic acids is 3. The van der Waals surface area contributed by atoms with E-state index in [9.17, 15) is 14.4 Å². The lowest BCUT2D eigenvalue weighted by atomic mass is 10.0. The van der Waals surface area contributed by atoms with Crippen LogP contribution in [0.2, 0.25) is 15.1 Å². The van der Waals surface area contributed by atoms with Gasteiger partial charge in [0.1, 0.15) is 0 Å². The normalized spacial score (nSPS) is 17.0. The molecule has 0 aromatic heterocycles. The molecule has 1 unspecified atom stereocenters. The molecular weight excluding hydrogens is 473 g/mol. The number of hydrogen-bond donors (Lipinski definition) is 0. The molecule has 168 valence electrons. The first-order valence-corrected chi connectivity index (χ1v) is 11.4. The van der Waals surface area contributed by atoms with Crippen LogP contribution in [-0.4, -0.2) is 46.9 Å². The van der Waals surface area contributed by atoms with E-state index in [2.05, 4.69) is 4.99 Å². The molecule has 0 bridgehead atoms. The van der Waals surface area contributed by atoms with Gasteiger partial charge < -0.3 is 0 Å². The molecule has 0 aliphatic carbocycles. The molecule has 3 rings (SSSR count). The summed E-state index contributed by atoms with van der Waals surface area (Å²) in [5.41, 5.74) is 1.26. The summed E-state index contributed by atoms with van der Waals surface area (Å²) in [4.78, 5) is 45.5. The van der Waals surface area contributed by atoms with Crippen molar-refractivity contribution in [3.8, 4) is 0 Å². The van der Waals surface area contributed by atoms with Gasteiger partial charge in [-0.1, -0.05) is 78.5 Å². The number of nitrogens with zero attached hydrogens (tertiary/aromatic N) is 3. The number of barbiturate groups is 1.